The van der Waals surface area contributed by atoms with Gasteiger partial charge in [0.1, 0.15) is 0 Å². The molecule has 0 aromatic carbocycles. The lowest BCUT2D eigenvalue weighted by atomic mass is 10.0. The fourth-order valence-corrected chi connectivity index (χ4v) is 1.75. The highest BCUT2D eigenvalue weighted by Crippen LogP contribution is 2.08. The molecule has 0 aromatic heterocycles. The average molecular weight is 302 g/mol. The van der Waals surface area contributed by atoms with E-state index < -0.39 is 5.97 Å². The topological polar surface area (TPSA) is 87.7 Å². The van der Waals surface area contributed by atoms with Crippen LogP contribution in [0.15, 0.2) is 0 Å². The molecule has 0 saturated heterocycles. The Morgan fingerprint density at radius 3 is 2.48 bits per heavy atom. The minimum atomic E-state index is -0.754. The molecule has 0 fully saturated rings. The van der Waals surface area contributed by atoms with Gasteiger partial charge < -0.3 is 20.5 Å². The minimum Gasteiger partial charge on any atom is -0.481 e. The molecule has 0 saturated carbocycles. The number of amides is 1. The number of ether oxygens (including phenoxy) is 1. The van der Waals surface area contributed by atoms with Gasteiger partial charge in [0, 0.05) is 19.6 Å². The standard InChI is InChI=1S/C15H30N2O4/c1-12(2)21-10-4-8-17-14(18)11-16-9-7-13(3)5-6-15(19)20/h12-13,16H,4-11H2,1-3H3,(H,17,18)(H,19,20). The van der Waals surface area contributed by atoms with Gasteiger partial charge in [0.15, 0.2) is 0 Å². The van der Waals surface area contributed by atoms with Crippen molar-refractivity contribution in [3.63, 3.8) is 0 Å². The Balaban J connectivity index is 3.39. The van der Waals surface area contributed by atoms with Crippen molar-refractivity contribution in [2.75, 3.05) is 26.2 Å². The molecule has 1 amide bonds. The summed E-state index contributed by atoms with van der Waals surface area (Å²) in [5.41, 5.74) is 0. The first kappa shape index (κ1) is 19.9. The number of carbonyl (C=O) groups excluding carboxylic acids is 1. The highest BCUT2D eigenvalue weighted by molar-refractivity contribution is 5.77. The molecular formula is C15H30N2O4. The molecule has 21 heavy (non-hydrogen) atoms. The molecule has 0 spiro atoms. The van der Waals surface area contributed by atoms with Crippen LogP contribution < -0.4 is 10.6 Å². The number of carboxylic acid groups (broad SMARTS) is 1. The molecule has 3 N–H and O–H groups in total. The van der Waals surface area contributed by atoms with Gasteiger partial charge in [-0.25, -0.2) is 0 Å². The van der Waals surface area contributed by atoms with Gasteiger partial charge >= 0.3 is 5.97 Å². The van der Waals surface area contributed by atoms with Gasteiger partial charge in [0.25, 0.3) is 0 Å². The molecule has 6 nitrogen and oxygen atoms in total. The van der Waals surface area contributed by atoms with E-state index in [-0.39, 0.29) is 18.4 Å². The van der Waals surface area contributed by atoms with Crippen molar-refractivity contribution in [3.05, 3.63) is 0 Å². The van der Waals surface area contributed by atoms with Crippen molar-refractivity contribution < 1.29 is 19.4 Å². The second-order valence-corrected chi connectivity index (χ2v) is 5.63. The summed E-state index contributed by atoms with van der Waals surface area (Å²) in [7, 11) is 0. The van der Waals surface area contributed by atoms with Crippen molar-refractivity contribution in [1.29, 1.82) is 0 Å². The van der Waals surface area contributed by atoms with Crippen LogP contribution in [0, 0.1) is 5.92 Å². The first-order chi connectivity index (χ1) is 9.91. The number of hydrogen-bond acceptors (Lipinski definition) is 4. The summed E-state index contributed by atoms with van der Waals surface area (Å²) in [4.78, 5) is 21.9. The van der Waals surface area contributed by atoms with E-state index >= 15 is 0 Å². The van der Waals surface area contributed by atoms with Crippen LogP contribution in [0.3, 0.4) is 0 Å². The van der Waals surface area contributed by atoms with Crippen LogP contribution >= 0.6 is 0 Å². The third kappa shape index (κ3) is 15.1. The fraction of sp³-hybridized carbons (Fsp3) is 0.867. The highest BCUT2D eigenvalue weighted by atomic mass is 16.5. The van der Waals surface area contributed by atoms with E-state index in [0.717, 1.165) is 19.4 Å². The van der Waals surface area contributed by atoms with Gasteiger partial charge in [0.2, 0.25) is 5.91 Å². The lowest BCUT2D eigenvalue weighted by molar-refractivity contribution is -0.137. The van der Waals surface area contributed by atoms with E-state index in [4.69, 9.17) is 9.84 Å². The summed E-state index contributed by atoms with van der Waals surface area (Å²) in [6.45, 7) is 8.31. The van der Waals surface area contributed by atoms with Crippen molar-refractivity contribution in [2.24, 2.45) is 5.92 Å². The second-order valence-electron chi connectivity index (χ2n) is 5.63. The first-order valence-electron chi connectivity index (χ1n) is 7.72. The van der Waals surface area contributed by atoms with Crippen LogP contribution in [-0.2, 0) is 14.3 Å². The van der Waals surface area contributed by atoms with E-state index in [1.54, 1.807) is 0 Å². The Bertz CT molecular complexity index is 295. The van der Waals surface area contributed by atoms with Gasteiger partial charge in [-0.1, -0.05) is 6.92 Å². The zero-order chi connectivity index (χ0) is 16.1. The first-order valence-corrected chi connectivity index (χ1v) is 7.72. The number of nitrogens with one attached hydrogen (secondary N) is 2. The van der Waals surface area contributed by atoms with Crippen LogP contribution in [0.1, 0.15) is 46.5 Å². The molecule has 0 bridgehead atoms. The monoisotopic (exact) mass is 302 g/mol. The van der Waals surface area contributed by atoms with E-state index in [1.807, 2.05) is 20.8 Å². The Morgan fingerprint density at radius 2 is 1.86 bits per heavy atom. The van der Waals surface area contributed by atoms with Gasteiger partial charge in [-0.05, 0) is 45.6 Å². The zero-order valence-corrected chi connectivity index (χ0v) is 13.5. The zero-order valence-electron chi connectivity index (χ0n) is 13.5. The molecule has 0 heterocycles. The van der Waals surface area contributed by atoms with Crippen molar-refractivity contribution in [2.45, 2.75) is 52.6 Å². The third-order valence-corrected chi connectivity index (χ3v) is 3.04. The van der Waals surface area contributed by atoms with E-state index in [9.17, 15) is 9.59 Å². The number of hydrogen-bond donors (Lipinski definition) is 3. The Morgan fingerprint density at radius 1 is 1.14 bits per heavy atom. The highest BCUT2D eigenvalue weighted by Gasteiger charge is 2.06. The molecule has 6 heteroatoms. The summed E-state index contributed by atoms with van der Waals surface area (Å²) in [6.07, 6.45) is 2.81. The van der Waals surface area contributed by atoms with E-state index in [0.29, 0.717) is 32.0 Å². The summed E-state index contributed by atoms with van der Waals surface area (Å²) >= 11 is 0. The smallest absolute Gasteiger partial charge is 0.303 e. The van der Waals surface area contributed by atoms with Gasteiger partial charge in [-0.3, -0.25) is 9.59 Å². The lowest BCUT2D eigenvalue weighted by Crippen LogP contribution is -2.35. The second kappa shape index (κ2) is 12.6. The van der Waals surface area contributed by atoms with Gasteiger partial charge in [-0.15, -0.1) is 0 Å². The maximum atomic E-state index is 11.5. The maximum absolute atomic E-state index is 11.5. The Kier molecular flexibility index (Phi) is 11.9. The van der Waals surface area contributed by atoms with Crippen LogP contribution in [0.4, 0.5) is 0 Å². The molecule has 0 aliphatic heterocycles. The number of carboxylic acids is 1. The molecule has 0 aliphatic carbocycles. The summed E-state index contributed by atoms with van der Waals surface area (Å²) in [6, 6.07) is 0. The van der Waals surface area contributed by atoms with Crippen LogP contribution in [0.25, 0.3) is 0 Å². The third-order valence-electron chi connectivity index (χ3n) is 3.04. The molecule has 1 atom stereocenters. The predicted molar refractivity (Wildman–Crippen MR) is 82.2 cm³/mol. The molecule has 124 valence electrons. The quantitative estimate of drug-likeness (QED) is 0.448. The largest absolute Gasteiger partial charge is 0.481 e. The van der Waals surface area contributed by atoms with Crippen molar-refractivity contribution >= 4 is 11.9 Å². The molecule has 1 unspecified atom stereocenters. The minimum absolute atomic E-state index is 0.0160. The fourth-order valence-electron chi connectivity index (χ4n) is 1.75. The lowest BCUT2D eigenvalue weighted by Gasteiger charge is -2.11. The molecular weight excluding hydrogens is 272 g/mol. The average Bonchev–Trinajstić information content (AvgIpc) is 2.40. The van der Waals surface area contributed by atoms with Crippen LogP contribution in [0.5, 0.6) is 0 Å². The predicted octanol–water partition coefficient (Wildman–Crippen LogP) is 1.40. The van der Waals surface area contributed by atoms with Crippen molar-refractivity contribution in [3.8, 4) is 0 Å². The molecule has 0 rings (SSSR count). The SMILES string of the molecule is CC(CCNCC(=O)NCCCOC(C)C)CCC(=O)O. The number of carbonyl (C=O) groups is 2. The van der Waals surface area contributed by atoms with E-state index in [1.165, 1.54) is 0 Å². The summed E-state index contributed by atoms with van der Waals surface area (Å²) < 4.78 is 5.38. The van der Waals surface area contributed by atoms with Crippen molar-refractivity contribution in [1.82, 2.24) is 10.6 Å². The summed E-state index contributed by atoms with van der Waals surface area (Å²) in [5.74, 6) is -0.418. The van der Waals surface area contributed by atoms with E-state index in [2.05, 4.69) is 10.6 Å². The van der Waals surface area contributed by atoms with Gasteiger partial charge in [-0.2, -0.15) is 0 Å². The Labute approximate surface area is 127 Å². The maximum Gasteiger partial charge on any atom is 0.303 e. The number of aliphatic carboxylic acids is 1. The summed E-state index contributed by atoms with van der Waals surface area (Å²) in [5, 5.41) is 14.5. The molecule has 0 radical (unpaired) electrons. The molecule has 0 aromatic rings. The van der Waals surface area contributed by atoms with Crippen LogP contribution in [0.2, 0.25) is 0 Å². The Hall–Kier alpha value is -1.14. The van der Waals surface area contributed by atoms with Crippen LogP contribution in [-0.4, -0.2) is 49.3 Å². The van der Waals surface area contributed by atoms with Gasteiger partial charge in [0.05, 0.1) is 12.6 Å². The number of rotatable bonds is 13. The molecule has 0 aliphatic rings. The normalized spacial score (nSPS) is 12.4.